The average Bonchev–Trinajstić information content (AvgIpc) is 3.29. The fraction of sp³-hybridized carbons (Fsp3) is 0.0800. The number of benzene rings is 2. The van der Waals surface area contributed by atoms with E-state index in [-0.39, 0.29) is 10.6 Å². The van der Waals surface area contributed by atoms with E-state index in [9.17, 15) is 12.8 Å². The standard InChI is InChI=1S/C25H19FN4O3S2/c1-15-19(24-29-21-11-17(14-28-25(21)34-24)16-5-4-10-27-13-16)6-3-7-20(15)30-35(31,32)23-12-18(26)8-9-22(23)33-2/h3-14,30H,1-2H3. The third-order valence-corrected chi connectivity index (χ3v) is 7.87. The van der Waals surface area contributed by atoms with Crippen LogP contribution in [0.5, 0.6) is 5.75 Å². The molecule has 0 saturated heterocycles. The molecule has 0 saturated carbocycles. The average molecular weight is 507 g/mol. The highest BCUT2D eigenvalue weighted by Gasteiger charge is 2.22. The highest BCUT2D eigenvalue weighted by atomic mass is 32.2. The molecule has 10 heteroatoms. The van der Waals surface area contributed by atoms with E-state index in [1.165, 1.54) is 24.5 Å². The second kappa shape index (κ2) is 9.05. The van der Waals surface area contributed by atoms with E-state index in [0.29, 0.717) is 16.3 Å². The number of sulfonamides is 1. The molecule has 0 unspecified atom stereocenters. The third kappa shape index (κ3) is 4.45. The minimum Gasteiger partial charge on any atom is -0.495 e. The molecule has 0 amide bonds. The monoisotopic (exact) mass is 506 g/mol. The van der Waals surface area contributed by atoms with Gasteiger partial charge in [0.2, 0.25) is 0 Å². The molecule has 0 aliphatic carbocycles. The van der Waals surface area contributed by atoms with Crippen LogP contribution in [0.4, 0.5) is 10.1 Å². The zero-order valence-corrected chi connectivity index (χ0v) is 20.3. The van der Waals surface area contributed by atoms with E-state index in [0.717, 1.165) is 39.2 Å². The highest BCUT2D eigenvalue weighted by molar-refractivity contribution is 7.92. The molecular weight excluding hydrogens is 487 g/mol. The van der Waals surface area contributed by atoms with Crippen LogP contribution in [0.3, 0.4) is 0 Å². The van der Waals surface area contributed by atoms with E-state index < -0.39 is 15.8 Å². The van der Waals surface area contributed by atoms with Gasteiger partial charge < -0.3 is 4.74 Å². The van der Waals surface area contributed by atoms with Crippen LogP contribution in [-0.4, -0.2) is 30.5 Å². The summed E-state index contributed by atoms with van der Waals surface area (Å²) < 4.78 is 47.6. The van der Waals surface area contributed by atoms with Crippen molar-refractivity contribution in [1.82, 2.24) is 15.0 Å². The molecule has 2 aromatic carbocycles. The highest BCUT2D eigenvalue weighted by Crippen LogP contribution is 2.36. The Morgan fingerprint density at radius 2 is 1.89 bits per heavy atom. The normalized spacial score (nSPS) is 11.5. The van der Waals surface area contributed by atoms with Crippen LogP contribution in [0, 0.1) is 12.7 Å². The molecule has 35 heavy (non-hydrogen) atoms. The lowest BCUT2D eigenvalue weighted by Gasteiger charge is -2.14. The molecule has 5 rings (SSSR count). The second-order valence-corrected chi connectivity index (χ2v) is 10.3. The van der Waals surface area contributed by atoms with Crippen LogP contribution in [0.2, 0.25) is 0 Å². The van der Waals surface area contributed by atoms with Crippen LogP contribution in [-0.2, 0) is 10.0 Å². The predicted octanol–water partition coefficient (Wildman–Crippen LogP) is 5.68. The van der Waals surface area contributed by atoms with Gasteiger partial charge in [0.1, 0.15) is 31.8 Å². The van der Waals surface area contributed by atoms with Gasteiger partial charge in [-0.3, -0.25) is 9.71 Å². The van der Waals surface area contributed by atoms with Crippen molar-refractivity contribution in [3.63, 3.8) is 0 Å². The van der Waals surface area contributed by atoms with Gasteiger partial charge in [-0.2, -0.15) is 0 Å². The van der Waals surface area contributed by atoms with Crippen molar-refractivity contribution in [1.29, 1.82) is 0 Å². The lowest BCUT2D eigenvalue weighted by Crippen LogP contribution is -2.15. The Balaban J connectivity index is 1.51. The minimum atomic E-state index is -4.11. The van der Waals surface area contributed by atoms with Gasteiger partial charge in [-0.05, 0) is 48.9 Å². The van der Waals surface area contributed by atoms with Crippen molar-refractivity contribution in [3.05, 3.63) is 84.6 Å². The van der Waals surface area contributed by atoms with Gasteiger partial charge in [0.15, 0.2) is 0 Å². The maximum Gasteiger partial charge on any atom is 0.265 e. The first-order valence-corrected chi connectivity index (χ1v) is 12.8. The van der Waals surface area contributed by atoms with Crippen molar-refractivity contribution in [2.24, 2.45) is 0 Å². The summed E-state index contributed by atoms with van der Waals surface area (Å²) in [6.45, 7) is 1.80. The first-order valence-electron chi connectivity index (χ1n) is 10.5. The lowest BCUT2D eigenvalue weighted by atomic mass is 10.1. The Bertz CT molecular complexity index is 1650. The van der Waals surface area contributed by atoms with Crippen LogP contribution in [0.1, 0.15) is 5.56 Å². The number of fused-ring (bicyclic) bond motifs is 1. The van der Waals surface area contributed by atoms with Gasteiger partial charge in [-0.25, -0.2) is 22.8 Å². The molecule has 3 heterocycles. The number of halogens is 1. The van der Waals surface area contributed by atoms with Crippen LogP contribution < -0.4 is 9.46 Å². The van der Waals surface area contributed by atoms with Gasteiger partial charge >= 0.3 is 0 Å². The van der Waals surface area contributed by atoms with Gasteiger partial charge in [0.05, 0.1) is 12.8 Å². The number of hydrogen-bond donors (Lipinski definition) is 1. The van der Waals surface area contributed by atoms with Crippen molar-refractivity contribution < 1.29 is 17.5 Å². The van der Waals surface area contributed by atoms with Gasteiger partial charge in [0.25, 0.3) is 10.0 Å². The van der Waals surface area contributed by atoms with Crippen molar-refractivity contribution in [2.45, 2.75) is 11.8 Å². The maximum absolute atomic E-state index is 13.8. The number of pyridine rings is 2. The number of ether oxygens (including phenoxy) is 1. The number of rotatable bonds is 6. The quantitative estimate of drug-likeness (QED) is 0.319. The summed E-state index contributed by atoms with van der Waals surface area (Å²) in [4.78, 5) is 13.9. The Morgan fingerprint density at radius 3 is 2.66 bits per heavy atom. The fourth-order valence-electron chi connectivity index (χ4n) is 3.67. The molecule has 5 aromatic rings. The summed E-state index contributed by atoms with van der Waals surface area (Å²) in [7, 11) is -2.78. The van der Waals surface area contributed by atoms with Gasteiger partial charge in [0, 0.05) is 35.3 Å². The molecule has 0 aliphatic heterocycles. The molecule has 0 fully saturated rings. The fourth-order valence-corrected chi connectivity index (χ4v) is 5.95. The van der Waals surface area contributed by atoms with Crippen molar-refractivity contribution in [3.8, 4) is 27.4 Å². The molecule has 0 radical (unpaired) electrons. The summed E-state index contributed by atoms with van der Waals surface area (Å²) in [6, 6.07) is 14.4. The Labute approximate surface area is 205 Å². The first kappa shape index (κ1) is 22.9. The number of nitrogens with zero attached hydrogens (tertiary/aromatic N) is 3. The predicted molar refractivity (Wildman–Crippen MR) is 135 cm³/mol. The smallest absolute Gasteiger partial charge is 0.265 e. The van der Waals surface area contributed by atoms with Crippen molar-refractivity contribution in [2.75, 3.05) is 11.8 Å². The lowest BCUT2D eigenvalue weighted by molar-refractivity contribution is 0.401. The third-order valence-electron chi connectivity index (χ3n) is 5.47. The summed E-state index contributed by atoms with van der Waals surface area (Å²) in [5.41, 5.74) is 4.39. The molecule has 176 valence electrons. The number of thiazole rings is 1. The van der Waals surface area contributed by atoms with Gasteiger partial charge in [-0.1, -0.05) is 29.5 Å². The van der Waals surface area contributed by atoms with E-state index in [1.54, 1.807) is 37.6 Å². The van der Waals surface area contributed by atoms with E-state index >= 15 is 0 Å². The van der Waals surface area contributed by atoms with Crippen LogP contribution in [0.25, 0.3) is 32.0 Å². The number of anilines is 1. The molecular formula is C25H19FN4O3S2. The Morgan fingerprint density at radius 1 is 1.03 bits per heavy atom. The van der Waals surface area contributed by atoms with E-state index in [4.69, 9.17) is 9.72 Å². The summed E-state index contributed by atoms with van der Waals surface area (Å²) in [5, 5.41) is 0.706. The van der Waals surface area contributed by atoms with Crippen molar-refractivity contribution >= 4 is 37.4 Å². The number of aromatic nitrogens is 3. The summed E-state index contributed by atoms with van der Waals surface area (Å²) >= 11 is 1.41. The van der Waals surface area contributed by atoms with E-state index in [1.807, 2.05) is 24.3 Å². The number of methoxy groups -OCH3 is 1. The second-order valence-electron chi connectivity index (χ2n) is 7.69. The molecule has 0 aliphatic rings. The molecule has 7 nitrogen and oxygen atoms in total. The van der Waals surface area contributed by atoms with Crippen LogP contribution >= 0.6 is 11.3 Å². The zero-order valence-electron chi connectivity index (χ0n) is 18.7. The zero-order chi connectivity index (χ0) is 24.6. The Kier molecular flexibility index (Phi) is 5.91. The largest absolute Gasteiger partial charge is 0.495 e. The maximum atomic E-state index is 13.8. The summed E-state index contributed by atoms with van der Waals surface area (Å²) in [6.07, 6.45) is 5.26. The summed E-state index contributed by atoms with van der Waals surface area (Å²) in [5.74, 6) is -0.626. The SMILES string of the molecule is COc1ccc(F)cc1S(=O)(=O)Nc1cccc(-c2nc3cc(-c4cccnc4)cnc3s2)c1C. The van der Waals surface area contributed by atoms with Crippen LogP contribution in [0.15, 0.2) is 78.1 Å². The number of nitrogens with one attached hydrogen (secondary N) is 1. The minimum absolute atomic E-state index is 0.0503. The van der Waals surface area contributed by atoms with E-state index in [2.05, 4.69) is 14.7 Å². The number of hydrogen-bond acceptors (Lipinski definition) is 7. The molecule has 0 bridgehead atoms. The first-order chi connectivity index (χ1) is 16.9. The molecule has 3 aromatic heterocycles. The van der Waals surface area contributed by atoms with Gasteiger partial charge in [-0.15, -0.1) is 0 Å². The molecule has 0 spiro atoms. The molecule has 1 N–H and O–H groups in total. The Hall–Kier alpha value is -3.89. The topological polar surface area (TPSA) is 94.1 Å². The molecule has 0 atom stereocenters.